The lowest BCUT2D eigenvalue weighted by molar-refractivity contribution is -0.142. The minimum absolute atomic E-state index is 0.0244. The number of nitrogens with two attached hydrogens (primary N) is 1. The molecule has 2 heterocycles. The minimum Gasteiger partial charge on any atom is -0.450 e. The molecular weight excluding hydrogens is 395 g/mol. The van der Waals surface area contributed by atoms with Crippen LogP contribution in [0.1, 0.15) is 5.69 Å². The van der Waals surface area contributed by atoms with Crippen molar-refractivity contribution in [3.05, 3.63) is 47.1 Å². The molecule has 0 fully saturated rings. The standard InChI is InChI=1S/C17H14ClFN4O3S/c1-27-17-21-6-10(7-22-17)16-23-13(5-14(24)25-8-20)15(26-16)9-2-3-11(18)12(19)4-9/h2-4,6-7H,5,8,20H2,1H3. The second kappa shape index (κ2) is 8.47. The molecule has 0 saturated carbocycles. The summed E-state index contributed by atoms with van der Waals surface area (Å²) in [6.07, 6.45) is 4.77. The zero-order valence-corrected chi connectivity index (χ0v) is 15.7. The number of carbonyl (C=O) groups excluding carboxylic acids is 1. The fraction of sp³-hybridized carbons (Fsp3) is 0.176. The molecule has 3 aromatic rings. The third-order valence-electron chi connectivity index (χ3n) is 3.49. The van der Waals surface area contributed by atoms with Crippen LogP contribution in [0.2, 0.25) is 5.02 Å². The Kier molecular flexibility index (Phi) is 6.04. The number of esters is 1. The number of rotatable bonds is 6. The maximum absolute atomic E-state index is 13.9. The maximum atomic E-state index is 13.9. The van der Waals surface area contributed by atoms with E-state index >= 15 is 0 Å². The molecule has 0 unspecified atom stereocenters. The first-order valence-electron chi connectivity index (χ1n) is 7.69. The van der Waals surface area contributed by atoms with Crippen molar-refractivity contribution < 1.29 is 18.3 Å². The van der Waals surface area contributed by atoms with Gasteiger partial charge in [-0.3, -0.25) is 10.5 Å². The van der Waals surface area contributed by atoms with Gasteiger partial charge in [-0.05, 0) is 24.5 Å². The van der Waals surface area contributed by atoms with Gasteiger partial charge in [-0.15, -0.1) is 0 Å². The number of benzene rings is 1. The zero-order chi connectivity index (χ0) is 19.4. The largest absolute Gasteiger partial charge is 0.450 e. The molecule has 3 rings (SSSR count). The maximum Gasteiger partial charge on any atom is 0.313 e. The van der Waals surface area contributed by atoms with E-state index in [4.69, 9.17) is 26.5 Å². The highest BCUT2D eigenvalue weighted by molar-refractivity contribution is 7.98. The van der Waals surface area contributed by atoms with E-state index in [2.05, 4.69) is 15.0 Å². The van der Waals surface area contributed by atoms with Crippen LogP contribution in [0.4, 0.5) is 4.39 Å². The smallest absolute Gasteiger partial charge is 0.313 e. The lowest BCUT2D eigenvalue weighted by atomic mass is 10.1. The molecule has 1 aromatic carbocycles. The zero-order valence-electron chi connectivity index (χ0n) is 14.1. The molecule has 0 spiro atoms. The molecule has 0 radical (unpaired) electrons. The van der Waals surface area contributed by atoms with E-state index in [1.54, 1.807) is 18.5 Å². The Bertz CT molecular complexity index is 965. The third-order valence-corrected chi connectivity index (χ3v) is 4.38. The molecular formula is C17H14ClFN4O3S. The van der Waals surface area contributed by atoms with Crippen molar-refractivity contribution >= 4 is 29.3 Å². The van der Waals surface area contributed by atoms with E-state index in [-0.39, 0.29) is 35.5 Å². The average molecular weight is 409 g/mol. The van der Waals surface area contributed by atoms with Gasteiger partial charge in [0.1, 0.15) is 12.5 Å². The van der Waals surface area contributed by atoms with Gasteiger partial charge in [0.25, 0.3) is 0 Å². The lowest BCUT2D eigenvalue weighted by Gasteiger charge is -2.03. The highest BCUT2D eigenvalue weighted by Gasteiger charge is 2.21. The third kappa shape index (κ3) is 4.44. The molecule has 27 heavy (non-hydrogen) atoms. The molecule has 2 aromatic heterocycles. The Morgan fingerprint density at radius 3 is 2.70 bits per heavy atom. The molecule has 140 valence electrons. The van der Waals surface area contributed by atoms with Gasteiger partial charge in [0.2, 0.25) is 5.89 Å². The van der Waals surface area contributed by atoms with Gasteiger partial charge in [-0.25, -0.2) is 19.3 Å². The molecule has 10 heteroatoms. The van der Waals surface area contributed by atoms with Gasteiger partial charge in [0, 0.05) is 18.0 Å². The number of oxazole rings is 1. The van der Waals surface area contributed by atoms with Gasteiger partial charge < -0.3 is 9.15 Å². The Labute approximate surface area is 163 Å². The Hall–Kier alpha value is -2.49. The van der Waals surface area contributed by atoms with Gasteiger partial charge in [-0.2, -0.15) is 0 Å². The number of hydrogen-bond acceptors (Lipinski definition) is 8. The highest BCUT2D eigenvalue weighted by atomic mass is 35.5. The van der Waals surface area contributed by atoms with Crippen LogP contribution in [-0.2, 0) is 16.0 Å². The molecule has 7 nitrogen and oxygen atoms in total. The Morgan fingerprint density at radius 2 is 2.07 bits per heavy atom. The molecule has 0 amide bonds. The van der Waals surface area contributed by atoms with Crippen molar-refractivity contribution in [1.29, 1.82) is 0 Å². The molecule has 0 aliphatic rings. The predicted molar refractivity (Wildman–Crippen MR) is 98.6 cm³/mol. The predicted octanol–water partition coefficient (Wildman–Crippen LogP) is 3.31. The summed E-state index contributed by atoms with van der Waals surface area (Å²) in [5.74, 6) is -0.774. The van der Waals surface area contributed by atoms with Crippen LogP contribution in [0.5, 0.6) is 0 Å². The summed E-state index contributed by atoms with van der Waals surface area (Å²) in [6.45, 7) is -0.252. The summed E-state index contributed by atoms with van der Waals surface area (Å²) in [7, 11) is 0. The van der Waals surface area contributed by atoms with Crippen molar-refractivity contribution in [2.24, 2.45) is 5.73 Å². The highest BCUT2D eigenvalue weighted by Crippen LogP contribution is 2.32. The summed E-state index contributed by atoms with van der Waals surface area (Å²) in [5, 5.41) is 0.570. The topological polar surface area (TPSA) is 104 Å². The molecule has 0 aliphatic carbocycles. The van der Waals surface area contributed by atoms with Crippen molar-refractivity contribution in [2.45, 2.75) is 11.6 Å². The van der Waals surface area contributed by atoms with Crippen LogP contribution in [0, 0.1) is 5.82 Å². The fourth-order valence-electron chi connectivity index (χ4n) is 2.27. The van der Waals surface area contributed by atoms with Crippen molar-refractivity contribution in [2.75, 3.05) is 13.0 Å². The minimum atomic E-state index is -0.616. The van der Waals surface area contributed by atoms with Crippen LogP contribution in [0.25, 0.3) is 22.8 Å². The van der Waals surface area contributed by atoms with Gasteiger partial charge >= 0.3 is 5.97 Å². The van der Waals surface area contributed by atoms with E-state index < -0.39 is 11.8 Å². The quantitative estimate of drug-likeness (QED) is 0.286. The number of carbonyl (C=O) groups is 1. The van der Waals surface area contributed by atoms with Gasteiger partial charge in [-0.1, -0.05) is 23.4 Å². The summed E-state index contributed by atoms with van der Waals surface area (Å²) < 4.78 is 24.4. The SMILES string of the molecule is CSc1ncc(-c2nc(CC(=O)OCN)c(-c3ccc(Cl)c(F)c3)o2)cn1. The van der Waals surface area contributed by atoms with E-state index in [0.29, 0.717) is 16.3 Å². The molecule has 0 bridgehead atoms. The van der Waals surface area contributed by atoms with Crippen LogP contribution in [0.3, 0.4) is 0 Å². The first-order chi connectivity index (χ1) is 13.0. The van der Waals surface area contributed by atoms with Crippen molar-refractivity contribution in [3.63, 3.8) is 0 Å². The first-order valence-corrected chi connectivity index (χ1v) is 9.29. The summed E-state index contributed by atoms with van der Waals surface area (Å²) in [4.78, 5) is 24.5. The Balaban J connectivity index is 2.04. The average Bonchev–Trinajstić information content (AvgIpc) is 3.08. The summed E-state index contributed by atoms with van der Waals surface area (Å²) >= 11 is 7.13. The number of hydrogen-bond donors (Lipinski definition) is 1. The van der Waals surface area contributed by atoms with Crippen molar-refractivity contribution in [3.8, 4) is 22.8 Å². The van der Waals surface area contributed by atoms with Gasteiger partial charge in [0.05, 0.1) is 22.7 Å². The fourth-order valence-corrected chi connectivity index (χ4v) is 2.70. The van der Waals surface area contributed by atoms with Crippen LogP contribution >= 0.6 is 23.4 Å². The van der Waals surface area contributed by atoms with E-state index in [9.17, 15) is 9.18 Å². The molecule has 0 saturated heterocycles. The number of halogens is 2. The second-order valence-electron chi connectivity index (χ2n) is 5.24. The molecule has 2 N–H and O–H groups in total. The molecule has 0 aliphatic heterocycles. The van der Waals surface area contributed by atoms with Crippen molar-refractivity contribution in [1.82, 2.24) is 15.0 Å². The van der Waals surface area contributed by atoms with E-state index in [1.165, 1.54) is 23.9 Å². The van der Waals surface area contributed by atoms with E-state index in [1.807, 2.05) is 6.26 Å². The lowest BCUT2D eigenvalue weighted by Crippen LogP contribution is -2.14. The monoisotopic (exact) mass is 408 g/mol. The molecule has 0 atom stereocenters. The first kappa shape index (κ1) is 19.3. The van der Waals surface area contributed by atoms with Crippen LogP contribution in [-0.4, -0.2) is 33.9 Å². The van der Waals surface area contributed by atoms with Gasteiger partial charge in [0.15, 0.2) is 10.9 Å². The number of aromatic nitrogens is 3. The van der Waals surface area contributed by atoms with Crippen LogP contribution in [0.15, 0.2) is 40.2 Å². The number of thioether (sulfide) groups is 1. The summed E-state index contributed by atoms with van der Waals surface area (Å²) in [6, 6.07) is 4.17. The number of ether oxygens (including phenoxy) is 1. The van der Waals surface area contributed by atoms with Crippen LogP contribution < -0.4 is 5.73 Å². The number of nitrogens with zero attached hydrogens (tertiary/aromatic N) is 3. The Morgan fingerprint density at radius 1 is 1.33 bits per heavy atom. The normalized spacial score (nSPS) is 10.8. The second-order valence-corrected chi connectivity index (χ2v) is 6.42. The van der Waals surface area contributed by atoms with E-state index in [0.717, 1.165) is 0 Å². The summed E-state index contributed by atoms with van der Waals surface area (Å²) in [5.41, 5.74) is 6.40.